The van der Waals surface area contributed by atoms with Crippen LogP contribution in [0.25, 0.3) is 0 Å². The second-order valence-electron chi connectivity index (χ2n) is 4.89. The Bertz CT molecular complexity index is 521. The lowest BCUT2D eigenvalue weighted by molar-refractivity contribution is -0.117. The van der Waals surface area contributed by atoms with Crippen molar-refractivity contribution in [1.29, 1.82) is 0 Å². The van der Waals surface area contributed by atoms with E-state index < -0.39 is 0 Å². The highest BCUT2D eigenvalue weighted by atomic mass is 35.5. The van der Waals surface area contributed by atoms with Crippen molar-refractivity contribution in [1.82, 2.24) is 5.32 Å². The Kier molecular flexibility index (Phi) is 7.94. The molecule has 0 radical (unpaired) electrons. The summed E-state index contributed by atoms with van der Waals surface area (Å²) in [5.74, 6) is 1.46. The molecule has 0 aliphatic carbocycles. The zero-order chi connectivity index (χ0) is 15.9. The van der Waals surface area contributed by atoms with Crippen LogP contribution in [0.1, 0.15) is 6.42 Å². The standard InChI is InChI=1S/C15H22N2O5.ClH/c1-19-12-8-14(21-3)13(20-2)7-11(12)17-15(18)6-10-9-22-5-4-16-10;/h7-8,10,16H,4-6,9H2,1-3H3,(H,17,18);1H. The lowest BCUT2D eigenvalue weighted by atomic mass is 10.2. The topological polar surface area (TPSA) is 78.0 Å². The van der Waals surface area contributed by atoms with Gasteiger partial charge in [0.2, 0.25) is 5.91 Å². The minimum Gasteiger partial charge on any atom is -0.494 e. The molecule has 2 rings (SSSR count). The predicted molar refractivity (Wildman–Crippen MR) is 89.2 cm³/mol. The number of benzene rings is 1. The number of anilines is 1. The number of carbonyl (C=O) groups is 1. The van der Waals surface area contributed by atoms with E-state index in [1.165, 1.54) is 7.11 Å². The van der Waals surface area contributed by atoms with Gasteiger partial charge in [-0.25, -0.2) is 0 Å². The summed E-state index contributed by atoms with van der Waals surface area (Å²) in [6.45, 7) is 1.98. The normalized spacial score (nSPS) is 16.9. The van der Waals surface area contributed by atoms with Crippen LogP contribution in [-0.2, 0) is 9.53 Å². The van der Waals surface area contributed by atoms with Crippen molar-refractivity contribution in [3.8, 4) is 17.2 Å². The molecule has 1 atom stereocenters. The fourth-order valence-corrected chi connectivity index (χ4v) is 2.30. The summed E-state index contributed by atoms with van der Waals surface area (Å²) < 4.78 is 21.1. The summed E-state index contributed by atoms with van der Waals surface area (Å²) in [6, 6.07) is 3.39. The van der Waals surface area contributed by atoms with E-state index in [4.69, 9.17) is 18.9 Å². The monoisotopic (exact) mass is 346 g/mol. The first kappa shape index (κ1) is 19.3. The van der Waals surface area contributed by atoms with Crippen LogP contribution in [-0.4, -0.2) is 53.0 Å². The van der Waals surface area contributed by atoms with Gasteiger partial charge >= 0.3 is 0 Å². The van der Waals surface area contributed by atoms with Gasteiger partial charge in [-0.15, -0.1) is 12.4 Å². The van der Waals surface area contributed by atoms with E-state index in [0.29, 0.717) is 42.6 Å². The average Bonchev–Trinajstić information content (AvgIpc) is 2.55. The van der Waals surface area contributed by atoms with Crippen LogP contribution in [0.4, 0.5) is 5.69 Å². The van der Waals surface area contributed by atoms with Crippen molar-refractivity contribution in [3.05, 3.63) is 12.1 Å². The van der Waals surface area contributed by atoms with Gasteiger partial charge in [0.25, 0.3) is 0 Å². The molecule has 0 aromatic heterocycles. The van der Waals surface area contributed by atoms with Gasteiger partial charge < -0.3 is 29.6 Å². The molecule has 0 bridgehead atoms. The average molecular weight is 347 g/mol. The van der Waals surface area contributed by atoms with Crippen LogP contribution in [0.3, 0.4) is 0 Å². The number of nitrogens with one attached hydrogen (secondary N) is 2. The number of methoxy groups -OCH3 is 3. The van der Waals surface area contributed by atoms with Crippen LogP contribution in [0.5, 0.6) is 17.2 Å². The maximum absolute atomic E-state index is 12.2. The summed E-state index contributed by atoms with van der Waals surface area (Å²) in [5, 5.41) is 6.08. The minimum atomic E-state index is -0.117. The maximum Gasteiger partial charge on any atom is 0.226 e. The number of ether oxygens (including phenoxy) is 4. The number of amides is 1. The molecule has 1 aliphatic heterocycles. The van der Waals surface area contributed by atoms with Crippen molar-refractivity contribution >= 4 is 24.0 Å². The quantitative estimate of drug-likeness (QED) is 0.811. The molecule has 8 heteroatoms. The second-order valence-corrected chi connectivity index (χ2v) is 4.89. The number of hydrogen-bond donors (Lipinski definition) is 2. The molecule has 0 spiro atoms. The molecule has 7 nitrogen and oxygen atoms in total. The lowest BCUT2D eigenvalue weighted by Crippen LogP contribution is -2.43. The predicted octanol–water partition coefficient (Wildman–Crippen LogP) is 1.45. The SMILES string of the molecule is COc1cc(OC)c(OC)cc1NC(=O)CC1COCCN1.Cl. The molecule has 1 aliphatic rings. The third-order valence-electron chi connectivity index (χ3n) is 3.41. The van der Waals surface area contributed by atoms with E-state index in [-0.39, 0.29) is 24.4 Å². The molecule has 1 amide bonds. The van der Waals surface area contributed by atoms with E-state index in [1.54, 1.807) is 26.4 Å². The summed E-state index contributed by atoms with van der Waals surface area (Å²) in [5.41, 5.74) is 0.543. The molecular weight excluding hydrogens is 324 g/mol. The van der Waals surface area contributed by atoms with Gasteiger partial charge in [-0.05, 0) is 0 Å². The first-order valence-corrected chi connectivity index (χ1v) is 7.09. The highest BCUT2D eigenvalue weighted by molar-refractivity contribution is 5.93. The molecule has 1 unspecified atom stereocenters. The number of hydrogen-bond acceptors (Lipinski definition) is 6. The fourth-order valence-electron chi connectivity index (χ4n) is 2.30. The van der Waals surface area contributed by atoms with Crippen molar-refractivity contribution < 1.29 is 23.7 Å². The molecule has 23 heavy (non-hydrogen) atoms. The van der Waals surface area contributed by atoms with Crippen LogP contribution in [0.15, 0.2) is 12.1 Å². The van der Waals surface area contributed by atoms with E-state index in [2.05, 4.69) is 10.6 Å². The van der Waals surface area contributed by atoms with Crippen LogP contribution < -0.4 is 24.8 Å². The highest BCUT2D eigenvalue weighted by Gasteiger charge is 2.19. The number of halogens is 1. The van der Waals surface area contributed by atoms with E-state index in [9.17, 15) is 4.79 Å². The van der Waals surface area contributed by atoms with Gasteiger partial charge in [0.1, 0.15) is 5.75 Å². The van der Waals surface area contributed by atoms with Crippen molar-refractivity contribution in [2.45, 2.75) is 12.5 Å². The Morgan fingerprint density at radius 3 is 2.43 bits per heavy atom. The van der Waals surface area contributed by atoms with Crippen molar-refractivity contribution in [2.75, 3.05) is 46.4 Å². The summed E-state index contributed by atoms with van der Waals surface area (Å²) in [4.78, 5) is 12.2. The molecule has 2 N–H and O–H groups in total. The summed E-state index contributed by atoms with van der Waals surface area (Å²) in [7, 11) is 4.62. The molecule has 130 valence electrons. The first-order chi connectivity index (χ1) is 10.7. The second kappa shape index (κ2) is 9.44. The van der Waals surface area contributed by atoms with Gasteiger partial charge in [0.05, 0.1) is 40.2 Å². The molecule has 1 heterocycles. The third-order valence-corrected chi connectivity index (χ3v) is 3.41. The maximum atomic E-state index is 12.2. The summed E-state index contributed by atoms with van der Waals surface area (Å²) >= 11 is 0. The highest BCUT2D eigenvalue weighted by Crippen LogP contribution is 2.37. The van der Waals surface area contributed by atoms with Gasteiger partial charge in [0, 0.05) is 31.1 Å². The molecule has 1 aromatic carbocycles. The Hall–Kier alpha value is -1.70. The molecule has 1 aromatic rings. The van der Waals surface area contributed by atoms with Crippen molar-refractivity contribution in [3.63, 3.8) is 0 Å². The number of carbonyl (C=O) groups excluding carboxylic acids is 1. The fraction of sp³-hybridized carbons (Fsp3) is 0.533. The Morgan fingerprint density at radius 1 is 1.22 bits per heavy atom. The van der Waals surface area contributed by atoms with Gasteiger partial charge in [0.15, 0.2) is 11.5 Å². The molecule has 1 fully saturated rings. The minimum absolute atomic E-state index is 0. The zero-order valence-electron chi connectivity index (χ0n) is 13.5. The van der Waals surface area contributed by atoms with E-state index >= 15 is 0 Å². The molecular formula is C15H23ClN2O5. The first-order valence-electron chi connectivity index (χ1n) is 7.09. The smallest absolute Gasteiger partial charge is 0.226 e. The van der Waals surface area contributed by atoms with Gasteiger partial charge in [-0.3, -0.25) is 4.79 Å². The van der Waals surface area contributed by atoms with Gasteiger partial charge in [-0.1, -0.05) is 0 Å². The molecule has 0 saturated carbocycles. The zero-order valence-corrected chi connectivity index (χ0v) is 14.3. The largest absolute Gasteiger partial charge is 0.494 e. The van der Waals surface area contributed by atoms with E-state index in [0.717, 1.165) is 6.54 Å². The van der Waals surface area contributed by atoms with Gasteiger partial charge in [-0.2, -0.15) is 0 Å². The number of rotatable bonds is 6. The summed E-state index contributed by atoms with van der Waals surface area (Å²) in [6.07, 6.45) is 0.331. The third kappa shape index (κ3) is 5.16. The molecule has 1 saturated heterocycles. The van der Waals surface area contributed by atoms with E-state index in [1.807, 2.05) is 0 Å². The van der Waals surface area contributed by atoms with Crippen LogP contribution in [0.2, 0.25) is 0 Å². The Labute approximate surface area is 142 Å². The Balaban J connectivity index is 0.00000264. The Morgan fingerprint density at radius 2 is 1.87 bits per heavy atom. The number of morpholine rings is 1. The van der Waals surface area contributed by atoms with Crippen LogP contribution in [0, 0.1) is 0 Å². The van der Waals surface area contributed by atoms with Crippen LogP contribution >= 0.6 is 12.4 Å². The lowest BCUT2D eigenvalue weighted by Gasteiger charge is -2.23. The van der Waals surface area contributed by atoms with Crippen molar-refractivity contribution in [2.24, 2.45) is 0 Å².